The summed E-state index contributed by atoms with van der Waals surface area (Å²) in [5, 5.41) is 6.18. The Morgan fingerprint density at radius 1 is 1.43 bits per heavy atom. The quantitative estimate of drug-likeness (QED) is 0.651. The van der Waals surface area contributed by atoms with Gasteiger partial charge in [0.1, 0.15) is 0 Å². The number of thioether (sulfide) groups is 1. The van der Waals surface area contributed by atoms with E-state index in [1.807, 2.05) is 11.8 Å². The Morgan fingerprint density at radius 2 is 2.14 bits per heavy atom. The summed E-state index contributed by atoms with van der Waals surface area (Å²) in [5.74, 6) is 0.0509. The lowest BCUT2D eigenvalue weighted by atomic mass is 9.84. The Bertz CT molecular complexity index is 187. The zero-order chi connectivity index (χ0) is 10.4. The van der Waals surface area contributed by atoms with Gasteiger partial charge in [0.2, 0.25) is 5.91 Å². The highest BCUT2D eigenvalue weighted by molar-refractivity contribution is 8.00. The molecule has 1 rings (SSSR count). The lowest BCUT2D eigenvalue weighted by Crippen LogP contribution is -2.45. The van der Waals surface area contributed by atoms with Crippen LogP contribution in [0.1, 0.15) is 26.2 Å². The summed E-state index contributed by atoms with van der Waals surface area (Å²) in [4.78, 5) is 10.6. The third kappa shape index (κ3) is 3.50. The predicted octanol–water partition coefficient (Wildman–Crippen LogP) is 0.998. The van der Waals surface area contributed by atoms with Gasteiger partial charge < -0.3 is 10.6 Å². The first-order valence-corrected chi connectivity index (χ1v) is 6.41. The van der Waals surface area contributed by atoms with Gasteiger partial charge in [-0.3, -0.25) is 4.79 Å². The maximum absolute atomic E-state index is 10.6. The normalized spacial score (nSPS) is 18.7. The van der Waals surface area contributed by atoms with Gasteiger partial charge in [0.25, 0.3) is 0 Å². The molecule has 0 unspecified atom stereocenters. The molecule has 0 aromatic carbocycles. The van der Waals surface area contributed by atoms with E-state index in [1.54, 1.807) is 6.92 Å². The van der Waals surface area contributed by atoms with E-state index in [2.05, 4.69) is 16.9 Å². The minimum Gasteiger partial charge on any atom is -0.355 e. The molecule has 82 valence electrons. The summed E-state index contributed by atoms with van der Waals surface area (Å²) < 4.78 is 0.496. The molecule has 1 aliphatic rings. The second-order valence-corrected chi connectivity index (χ2v) is 5.17. The van der Waals surface area contributed by atoms with Crippen molar-refractivity contribution in [1.82, 2.24) is 10.6 Å². The van der Waals surface area contributed by atoms with Crippen LogP contribution in [0.25, 0.3) is 0 Å². The molecule has 1 fully saturated rings. The van der Waals surface area contributed by atoms with Crippen LogP contribution in [0.5, 0.6) is 0 Å². The van der Waals surface area contributed by atoms with Crippen molar-refractivity contribution < 1.29 is 4.79 Å². The molecule has 0 spiro atoms. The largest absolute Gasteiger partial charge is 0.355 e. The van der Waals surface area contributed by atoms with Gasteiger partial charge in [0.05, 0.1) is 0 Å². The first-order chi connectivity index (χ1) is 6.68. The molecule has 3 nitrogen and oxygen atoms in total. The highest BCUT2D eigenvalue weighted by atomic mass is 32.2. The summed E-state index contributed by atoms with van der Waals surface area (Å²) in [6.45, 7) is 4.24. The Labute approximate surface area is 90.4 Å². The van der Waals surface area contributed by atoms with Crippen LogP contribution in [0.15, 0.2) is 0 Å². The number of hydrogen-bond acceptors (Lipinski definition) is 3. The van der Waals surface area contributed by atoms with Crippen molar-refractivity contribution in [2.45, 2.75) is 30.9 Å². The number of rotatable bonds is 6. The van der Waals surface area contributed by atoms with Crippen LogP contribution < -0.4 is 10.6 Å². The standard InChI is InChI=1S/C10H20N2OS/c1-9(13)12-7-6-11-8-10(14-2)4-3-5-10/h11H,3-8H2,1-2H3,(H,12,13). The fourth-order valence-corrected chi connectivity index (χ4v) is 2.61. The Hall–Kier alpha value is -0.220. The number of amides is 1. The van der Waals surface area contributed by atoms with E-state index in [0.29, 0.717) is 4.75 Å². The van der Waals surface area contributed by atoms with Crippen LogP contribution in [0, 0.1) is 0 Å². The van der Waals surface area contributed by atoms with Gasteiger partial charge in [-0.2, -0.15) is 11.8 Å². The molecule has 0 bridgehead atoms. The van der Waals surface area contributed by atoms with E-state index in [-0.39, 0.29) is 5.91 Å². The molecule has 0 aromatic rings. The fourth-order valence-electron chi connectivity index (χ4n) is 1.67. The van der Waals surface area contributed by atoms with Crippen LogP contribution in [0.2, 0.25) is 0 Å². The van der Waals surface area contributed by atoms with Crippen LogP contribution in [-0.2, 0) is 4.79 Å². The Kier molecular flexibility index (Phi) is 4.75. The first kappa shape index (κ1) is 11.9. The number of nitrogens with one attached hydrogen (secondary N) is 2. The number of carbonyl (C=O) groups is 1. The molecular formula is C10H20N2OS. The lowest BCUT2D eigenvalue weighted by molar-refractivity contribution is -0.118. The molecule has 1 saturated carbocycles. The maximum atomic E-state index is 10.6. The maximum Gasteiger partial charge on any atom is 0.216 e. The summed E-state index contributed by atoms with van der Waals surface area (Å²) in [7, 11) is 0. The molecule has 1 amide bonds. The third-order valence-electron chi connectivity index (χ3n) is 2.82. The minimum absolute atomic E-state index is 0.0509. The van der Waals surface area contributed by atoms with E-state index in [9.17, 15) is 4.79 Å². The molecule has 0 aliphatic heterocycles. The van der Waals surface area contributed by atoms with Crippen molar-refractivity contribution >= 4 is 17.7 Å². The average molecular weight is 216 g/mol. The monoisotopic (exact) mass is 216 g/mol. The van der Waals surface area contributed by atoms with E-state index in [4.69, 9.17) is 0 Å². The molecule has 0 radical (unpaired) electrons. The molecular weight excluding hydrogens is 196 g/mol. The SMILES string of the molecule is CSC1(CNCCNC(C)=O)CCC1. The minimum atomic E-state index is 0.0509. The highest BCUT2D eigenvalue weighted by Gasteiger charge is 2.35. The van der Waals surface area contributed by atoms with Crippen molar-refractivity contribution in [2.75, 3.05) is 25.9 Å². The van der Waals surface area contributed by atoms with Crippen molar-refractivity contribution in [3.63, 3.8) is 0 Å². The molecule has 0 saturated heterocycles. The van der Waals surface area contributed by atoms with E-state index < -0.39 is 0 Å². The highest BCUT2D eigenvalue weighted by Crippen LogP contribution is 2.41. The van der Waals surface area contributed by atoms with Gasteiger partial charge in [-0.05, 0) is 19.1 Å². The third-order valence-corrected chi connectivity index (χ3v) is 4.24. The Morgan fingerprint density at radius 3 is 2.57 bits per heavy atom. The van der Waals surface area contributed by atoms with Crippen LogP contribution in [-0.4, -0.2) is 36.5 Å². The molecule has 0 aromatic heterocycles. The van der Waals surface area contributed by atoms with Gasteiger partial charge >= 0.3 is 0 Å². The van der Waals surface area contributed by atoms with Crippen molar-refractivity contribution in [2.24, 2.45) is 0 Å². The predicted molar refractivity (Wildman–Crippen MR) is 61.7 cm³/mol. The van der Waals surface area contributed by atoms with Crippen molar-refractivity contribution in [3.8, 4) is 0 Å². The second-order valence-electron chi connectivity index (χ2n) is 3.90. The molecule has 0 heterocycles. The van der Waals surface area contributed by atoms with Crippen molar-refractivity contribution in [3.05, 3.63) is 0 Å². The Balaban J connectivity index is 2.00. The van der Waals surface area contributed by atoms with E-state index >= 15 is 0 Å². The van der Waals surface area contributed by atoms with Gasteiger partial charge in [-0.15, -0.1) is 0 Å². The lowest BCUT2D eigenvalue weighted by Gasteiger charge is -2.40. The molecule has 14 heavy (non-hydrogen) atoms. The smallest absolute Gasteiger partial charge is 0.216 e. The topological polar surface area (TPSA) is 41.1 Å². The summed E-state index contributed by atoms with van der Waals surface area (Å²) in [5.41, 5.74) is 0. The van der Waals surface area contributed by atoms with Crippen molar-refractivity contribution in [1.29, 1.82) is 0 Å². The van der Waals surface area contributed by atoms with Gasteiger partial charge in [0, 0.05) is 31.3 Å². The zero-order valence-corrected chi connectivity index (χ0v) is 9.88. The van der Waals surface area contributed by atoms with Crippen LogP contribution in [0.4, 0.5) is 0 Å². The summed E-state index contributed by atoms with van der Waals surface area (Å²) in [6.07, 6.45) is 6.23. The summed E-state index contributed by atoms with van der Waals surface area (Å²) in [6, 6.07) is 0. The molecule has 0 atom stereocenters. The first-order valence-electron chi connectivity index (χ1n) is 5.19. The van der Waals surface area contributed by atoms with E-state index in [0.717, 1.165) is 19.6 Å². The van der Waals surface area contributed by atoms with Crippen LogP contribution in [0.3, 0.4) is 0 Å². The molecule has 1 aliphatic carbocycles. The van der Waals surface area contributed by atoms with Gasteiger partial charge in [-0.1, -0.05) is 6.42 Å². The fraction of sp³-hybridized carbons (Fsp3) is 0.900. The zero-order valence-electron chi connectivity index (χ0n) is 9.06. The van der Waals surface area contributed by atoms with E-state index in [1.165, 1.54) is 19.3 Å². The van der Waals surface area contributed by atoms with Crippen LogP contribution >= 0.6 is 11.8 Å². The van der Waals surface area contributed by atoms with Gasteiger partial charge in [0.15, 0.2) is 0 Å². The molecule has 2 N–H and O–H groups in total. The number of carbonyl (C=O) groups excluding carboxylic acids is 1. The number of hydrogen-bond donors (Lipinski definition) is 2. The molecule has 4 heteroatoms. The summed E-state index contributed by atoms with van der Waals surface area (Å²) >= 11 is 1.97. The van der Waals surface area contributed by atoms with Gasteiger partial charge in [-0.25, -0.2) is 0 Å². The second kappa shape index (κ2) is 5.61. The average Bonchev–Trinajstić information content (AvgIpc) is 2.08.